The van der Waals surface area contributed by atoms with E-state index >= 15 is 0 Å². The van der Waals surface area contributed by atoms with Gasteiger partial charge in [0.05, 0.1) is 0 Å². The number of hydrogen-bond acceptors (Lipinski definition) is 6. The second kappa shape index (κ2) is 71.9. The standard InChI is InChI=1S/C76H148O6/c1-4-7-10-13-16-19-21-23-25-27-29-31-33-35-37-39-40-42-44-46-48-50-52-54-57-60-63-66-69-75(78)81-72-73(71-80-74(77)68-65-62-59-56-18-15-12-9-6-3)82-76(79)70-67-64-61-58-55-53-51-49-47-45-43-41-38-36-34-32-30-28-26-24-22-20-17-14-11-8-5-2/h73H,4-72H2,1-3H3. The highest BCUT2D eigenvalue weighted by molar-refractivity contribution is 5.71. The molecule has 0 saturated carbocycles. The summed E-state index contributed by atoms with van der Waals surface area (Å²) in [4.78, 5) is 38.3. The van der Waals surface area contributed by atoms with E-state index in [-0.39, 0.29) is 31.1 Å². The molecule has 0 amide bonds. The number of ether oxygens (including phenoxy) is 3. The summed E-state index contributed by atoms with van der Waals surface area (Å²) in [6, 6.07) is 0. The lowest BCUT2D eigenvalue weighted by Gasteiger charge is -2.18. The summed E-state index contributed by atoms with van der Waals surface area (Å²) >= 11 is 0. The minimum absolute atomic E-state index is 0.0606. The smallest absolute Gasteiger partial charge is 0.306 e. The largest absolute Gasteiger partial charge is 0.462 e. The van der Waals surface area contributed by atoms with Crippen molar-refractivity contribution in [2.24, 2.45) is 0 Å². The molecule has 1 atom stereocenters. The van der Waals surface area contributed by atoms with Gasteiger partial charge in [-0.25, -0.2) is 0 Å². The Morgan fingerprint density at radius 1 is 0.195 bits per heavy atom. The third kappa shape index (κ3) is 69.2. The van der Waals surface area contributed by atoms with Crippen LogP contribution in [0, 0.1) is 0 Å². The van der Waals surface area contributed by atoms with Gasteiger partial charge in [-0.15, -0.1) is 0 Å². The Kier molecular flexibility index (Phi) is 70.5. The first-order valence-electron chi connectivity index (χ1n) is 38.0. The predicted molar refractivity (Wildman–Crippen MR) is 358 cm³/mol. The minimum atomic E-state index is -0.763. The molecule has 0 aliphatic heterocycles. The first kappa shape index (κ1) is 80.4. The molecule has 6 heteroatoms. The van der Waals surface area contributed by atoms with Gasteiger partial charge in [-0.2, -0.15) is 0 Å². The van der Waals surface area contributed by atoms with E-state index in [1.807, 2.05) is 0 Å². The molecule has 0 bridgehead atoms. The minimum Gasteiger partial charge on any atom is -0.462 e. The third-order valence-corrected chi connectivity index (χ3v) is 17.9. The normalized spacial score (nSPS) is 11.9. The molecule has 0 fully saturated rings. The van der Waals surface area contributed by atoms with E-state index in [2.05, 4.69) is 20.8 Å². The molecule has 0 N–H and O–H groups in total. The molecule has 0 rings (SSSR count). The lowest BCUT2D eigenvalue weighted by atomic mass is 10.0. The van der Waals surface area contributed by atoms with E-state index in [1.54, 1.807) is 0 Å². The summed E-state index contributed by atoms with van der Waals surface area (Å²) in [5, 5.41) is 0. The van der Waals surface area contributed by atoms with Crippen LogP contribution < -0.4 is 0 Å². The fourth-order valence-electron chi connectivity index (χ4n) is 12.2. The number of carbonyl (C=O) groups is 3. The first-order valence-corrected chi connectivity index (χ1v) is 38.0. The molecule has 0 aromatic carbocycles. The number of rotatable bonds is 72. The van der Waals surface area contributed by atoms with Gasteiger partial charge in [0.1, 0.15) is 13.2 Å². The molecule has 488 valence electrons. The van der Waals surface area contributed by atoms with Crippen molar-refractivity contribution in [1.82, 2.24) is 0 Å². The van der Waals surface area contributed by atoms with Crippen LogP contribution in [-0.2, 0) is 28.6 Å². The van der Waals surface area contributed by atoms with E-state index in [9.17, 15) is 14.4 Å². The highest BCUT2D eigenvalue weighted by Crippen LogP contribution is 2.20. The second-order valence-corrected chi connectivity index (χ2v) is 26.3. The molecule has 0 saturated heterocycles. The molecule has 0 aliphatic carbocycles. The molecule has 1 unspecified atom stereocenters. The second-order valence-electron chi connectivity index (χ2n) is 26.3. The SMILES string of the molecule is CCCCCCCCCCCCCCCCCCCCCCCCCCCCCCC(=O)OCC(COC(=O)CCCCCCCCCCC)OC(=O)CCCCCCCCCCCCCCCCCCCCCCCCCCCCC. The fraction of sp³-hybridized carbons (Fsp3) is 0.961. The van der Waals surface area contributed by atoms with Crippen LogP contribution in [0.5, 0.6) is 0 Å². The highest BCUT2D eigenvalue weighted by atomic mass is 16.6. The average Bonchev–Trinajstić information content (AvgIpc) is 3.48. The molecular formula is C76H148O6. The van der Waals surface area contributed by atoms with Crippen LogP contribution in [-0.4, -0.2) is 37.2 Å². The van der Waals surface area contributed by atoms with E-state index in [1.165, 1.54) is 353 Å². The Morgan fingerprint density at radius 2 is 0.329 bits per heavy atom. The van der Waals surface area contributed by atoms with Crippen molar-refractivity contribution in [2.75, 3.05) is 13.2 Å². The molecule has 0 radical (unpaired) electrons. The van der Waals surface area contributed by atoms with Crippen molar-refractivity contribution in [2.45, 2.75) is 457 Å². The van der Waals surface area contributed by atoms with E-state index in [0.29, 0.717) is 19.3 Å². The lowest BCUT2D eigenvalue weighted by molar-refractivity contribution is -0.167. The van der Waals surface area contributed by atoms with Gasteiger partial charge in [0.15, 0.2) is 6.10 Å². The highest BCUT2D eigenvalue weighted by Gasteiger charge is 2.20. The number of unbranched alkanes of at least 4 members (excludes halogenated alkanes) is 61. The Bertz CT molecular complexity index is 1240. The van der Waals surface area contributed by atoms with E-state index in [4.69, 9.17) is 14.2 Å². The van der Waals surface area contributed by atoms with Gasteiger partial charge in [0, 0.05) is 19.3 Å². The Morgan fingerprint density at radius 3 is 0.488 bits per heavy atom. The van der Waals surface area contributed by atoms with Crippen molar-refractivity contribution in [1.29, 1.82) is 0 Å². The van der Waals surface area contributed by atoms with Gasteiger partial charge in [0.2, 0.25) is 0 Å². The van der Waals surface area contributed by atoms with Crippen LogP contribution in [0.3, 0.4) is 0 Å². The first-order chi connectivity index (χ1) is 40.5. The van der Waals surface area contributed by atoms with Crippen molar-refractivity contribution in [3.63, 3.8) is 0 Å². The zero-order chi connectivity index (χ0) is 59.2. The average molecular weight is 1160 g/mol. The summed E-state index contributed by atoms with van der Waals surface area (Å²) < 4.78 is 17.0. The Balaban J connectivity index is 4.03. The van der Waals surface area contributed by atoms with Gasteiger partial charge in [-0.1, -0.05) is 412 Å². The maximum absolute atomic E-state index is 12.9. The van der Waals surface area contributed by atoms with Crippen molar-refractivity contribution in [3.8, 4) is 0 Å². The monoisotopic (exact) mass is 1160 g/mol. The maximum atomic E-state index is 12.9. The zero-order valence-corrected chi connectivity index (χ0v) is 56.3. The van der Waals surface area contributed by atoms with Gasteiger partial charge < -0.3 is 14.2 Å². The third-order valence-electron chi connectivity index (χ3n) is 17.9. The maximum Gasteiger partial charge on any atom is 0.306 e. The summed E-state index contributed by atoms with van der Waals surface area (Å²) in [7, 11) is 0. The van der Waals surface area contributed by atoms with Crippen LogP contribution in [0.25, 0.3) is 0 Å². The number of esters is 3. The van der Waals surface area contributed by atoms with Crippen molar-refractivity contribution >= 4 is 17.9 Å². The van der Waals surface area contributed by atoms with Crippen LogP contribution in [0.4, 0.5) is 0 Å². The summed E-state index contributed by atoms with van der Waals surface area (Å²) in [5.41, 5.74) is 0. The summed E-state index contributed by atoms with van der Waals surface area (Å²) in [6.07, 6.45) is 86.1. The van der Waals surface area contributed by atoms with Gasteiger partial charge in [-0.3, -0.25) is 14.4 Å². The van der Waals surface area contributed by atoms with Crippen LogP contribution in [0.15, 0.2) is 0 Å². The fourth-order valence-corrected chi connectivity index (χ4v) is 12.2. The van der Waals surface area contributed by atoms with Crippen LogP contribution in [0.2, 0.25) is 0 Å². The topological polar surface area (TPSA) is 78.9 Å². The van der Waals surface area contributed by atoms with Gasteiger partial charge in [0.25, 0.3) is 0 Å². The van der Waals surface area contributed by atoms with E-state index < -0.39 is 6.10 Å². The molecule has 0 aliphatic rings. The molecular weight excluding hydrogens is 1010 g/mol. The van der Waals surface area contributed by atoms with Crippen molar-refractivity contribution in [3.05, 3.63) is 0 Å². The van der Waals surface area contributed by atoms with Gasteiger partial charge >= 0.3 is 17.9 Å². The zero-order valence-electron chi connectivity index (χ0n) is 56.3. The molecule has 0 aromatic heterocycles. The molecule has 0 spiro atoms. The van der Waals surface area contributed by atoms with Gasteiger partial charge in [-0.05, 0) is 19.3 Å². The molecule has 82 heavy (non-hydrogen) atoms. The summed E-state index contributed by atoms with van der Waals surface area (Å²) in [6.45, 7) is 6.73. The predicted octanol–water partition coefficient (Wildman–Crippen LogP) is 26.2. The molecule has 6 nitrogen and oxygen atoms in total. The quantitative estimate of drug-likeness (QED) is 0.0343. The Labute approximate surface area is 514 Å². The Hall–Kier alpha value is -1.59. The van der Waals surface area contributed by atoms with Crippen molar-refractivity contribution < 1.29 is 28.6 Å². The van der Waals surface area contributed by atoms with E-state index in [0.717, 1.165) is 57.8 Å². The molecule has 0 heterocycles. The number of hydrogen-bond donors (Lipinski definition) is 0. The lowest BCUT2D eigenvalue weighted by Crippen LogP contribution is -2.30. The summed E-state index contributed by atoms with van der Waals surface area (Å²) in [5.74, 6) is -0.824. The number of carbonyl (C=O) groups excluding carboxylic acids is 3. The van der Waals surface area contributed by atoms with Crippen LogP contribution in [0.1, 0.15) is 451 Å². The molecule has 0 aromatic rings. The van der Waals surface area contributed by atoms with Crippen LogP contribution >= 0.6 is 0 Å².